The molecule has 0 fully saturated rings. The summed E-state index contributed by atoms with van der Waals surface area (Å²) in [7, 11) is 0. The van der Waals surface area contributed by atoms with Crippen LogP contribution in [0.2, 0.25) is 0 Å². The van der Waals surface area contributed by atoms with Crippen molar-refractivity contribution in [3.05, 3.63) is 0 Å². The summed E-state index contributed by atoms with van der Waals surface area (Å²) in [6.07, 6.45) is 2.37. The number of carbonyl (C=O) groups is 2. The first-order chi connectivity index (χ1) is 6.72. The highest BCUT2D eigenvalue weighted by atomic mass is 16.3. The van der Waals surface area contributed by atoms with Crippen LogP contribution in [-0.2, 0) is 9.59 Å². The minimum atomic E-state index is -0.588. The average molecular weight is 202 g/mol. The quantitative estimate of drug-likeness (QED) is 0.397. The summed E-state index contributed by atoms with van der Waals surface area (Å²) in [6, 6.07) is 0. The highest BCUT2D eigenvalue weighted by molar-refractivity contribution is 6.35. The van der Waals surface area contributed by atoms with Gasteiger partial charge in [-0.15, -0.1) is 0 Å². The minimum absolute atomic E-state index is 0.171. The van der Waals surface area contributed by atoms with Crippen LogP contribution in [0.1, 0.15) is 26.2 Å². The number of nitrogens with one attached hydrogen (secondary N) is 2. The molecule has 0 aliphatic carbocycles. The molecule has 0 radical (unpaired) electrons. The Hall–Kier alpha value is -1.10. The molecule has 82 valence electrons. The van der Waals surface area contributed by atoms with E-state index in [0.717, 1.165) is 19.3 Å². The van der Waals surface area contributed by atoms with Crippen LogP contribution < -0.4 is 10.6 Å². The maximum atomic E-state index is 11.0. The van der Waals surface area contributed by atoms with Crippen molar-refractivity contribution >= 4 is 11.8 Å². The van der Waals surface area contributed by atoms with E-state index in [1.807, 2.05) is 0 Å². The summed E-state index contributed by atoms with van der Waals surface area (Å²) in [5.41, 5.74) is 0. The van der Waals surface area contributed by atoms with E-state index in [1.165, 1.54) is 0 Å². The lowest BCUT2D eigenvalue weighted by molar-refractivity contribution is -0.139. The van der Waals surface area contributed by atoms with Crippen LogP contribution >= 0.6 is 0 Å². The number of rotatable bonds is 6. The zero-order chi connectivity index (χ0) is 10.8. The molecule has 0 bridgehead atoms. The summed E-state index contributed by atoms with van der Waals surface area (Å²) in [4.78, 5) is 21.9. The predicted octanol–water partition coefficient (Wildman–Crippen LogP) is -0.599. The number of hydrogen-bond acceptors (Lipinski definition) is 3. The lowest BCUT2D eigenvalue weighted by Gasteiger charge is -2.04. The molecule has 0 heterocycles. The minimum Gasteiger partial charge on any atom is -0.396 e. The van der Waals surface area contributed by atoms with Crippen LogP contribution in [0.15, 0.2) is 0 Å². The van der Waals surface area contributed by atoms with Crippen molar-refractivity contribution in [3.63, 3.8) is 0 Å². The normalized spacial score (nSPS) is 9.57. The summed E-state index contributed by atoms with van der Waals surface area (Å²) in [5, 5.41) is 13.4. The van der Waals surface area contributed by atoms with Gasteiger partial charge < -0.3 is 15.7 Å². The first-order valence-electron chi connectivity index (χ1n) is 4.89. The Morgan fingerprint density at radius 1 is 1.07 bits per heavy atom. The summed E-state index contributed by atoms with van der Waals surface area (Å²) >= 11 is 0. The van der Waals surface area contributed by atoms with E-state index in [9.17, 15) is 9.59 Å². The zero-order valence-corrected chi connectivity index (χ0v) is 8.51. The van der Waals surface area contributed by atoms with Crippen molar-refractivity contribution in [1.82, 2.24) is 10.6 Å². The molecule has 0 unspecified atom stereocenters. The van der Waals surface area contributed by atoms with Crippen molar-refractivity contribution in [2.24, 2.45) is 0 Å². The fourth-order valence-electron chi connectivity index (χ4n) is 0.937. The van der Waals surface area contributed by atoms with Crippen LogP contribution in [0.4, 0.5) is 0 Å². The van der Waals surface area contributed by atoms with Gasteiger partial charge in [0.05, 0.1) is 0 Å². The smallest absolute Gasteiger partial charge is 0.309 e. The van der Waals surface area contributed by atoms with Gasteiger partial charge in [0.15, 0.2) is 0 Å². The summed E-state index contributed by atoms with van der Waals surface area (Å²) < 4.78 is 0. The highest BCUT2D eigenvalue weighted by Gasteiger charge is 2.09. The number of aliphatic hydroxyl groups is 1. The number of carbonyl (C=O) groups excluding carboxylic acids is 2. The fourth-order valence-corrected chi connectivity index (χ4v) is 0.937. The Morgan fingerprint density at radius 2 is 1.71 bits per heavy atom. The SMILES string of the molecule is CCNC(=O)C(=O)NCCCCCO. The van der Waals surface area contributed by atoms with Gasteiger partial charge in [-0.1, -0.05) is 0 Å². The molecule has 0 aromatic carbocycles. The van der Waals surface area contributed by atoms with E-state index >= 15 is 0 Å². The second-order valence-corrected chi connectivity index (χ2v) is 2.90. The molecule has 0 rings (SSSR count). The second kappa shape index (κ2) is 8.50. The molecule has 0 saturated carbocycles. The van der Waals surface area contributed by atoms with E-state index in [0.29, 0.717) is 13.1 Å². The van der Waals surface area contributed by atoms with Crippen LogP contribution in [0.5, 0.6) is 0 Å². The van der Waals surface area contributed by atoms with Crippen LogP contribution in [0.3, 0.4) is 0 Å². The van der Waals surface area contributed by atoms with Gasteiger partial charge in [-0.25, -0.2) is 0 Å². The molecule has 0 spiro atoms. The van der Waals surface area contributed by atoms with Gasteiger partial charge in [0.1, 0.15) is 0 Å². The van der Waals surface area contributed by atoms with Gasteiger partial charge in [-0.2, -0.15) is 0 Å². The standard InChI is InChI=1S/C9H18N2O3/c1-2-10-8(13)9(14)11-6-4-3-5-7-12/h12H,2-7H2,1H3,(H,10,13)(H,11,14). The van der Waals surface area contributed by atoms with Crippen molar-refractivity contribution in [2.45, 2.75) is 26.2 Å². The maximum Gasteiger partial charge on any atom is 0.309 e. The largest absolute Gasteiger partial charge is 0.396 e. The highest BCUT2D eigenvalue weighted by Crippen LogP contribution is 1.91. The van der Waals surface area contributed by atoms with Gasteiger partial charge in [-0.3, -0.25) is 9.59 Å². The Morgan fingerprint density at radius 3 is 2.29 bits per heavy atom. The molecular weight excluding hydrogens is 184 g/mol. The van der Waals surface area contributed by atoms with Crippen molar-refractivity contribution < 1.29 is 14.7 Å². The van der Waals surface area contributed by atoms with E-state index in [-0.39, 0.29) is 6.61 Å². The predicted molar refractivity (Wildman–Crippen MR) is 52.6 cm³/mol. The van der Waals surface area contributed by atoms with Crippen LogP contribution in [0, 0.1) is 0 Å². The van der Waals surface area contributed by atoms with Gasteiger partial charge in [0, 0.05) is 19.7 Å². The summed E-state index contributed by atoms with van der Waals surface area (Å²) in [5.74, 6) is -1.18. The maximum absolute atomic E-state index is 11.0. The van der Waals surface area contributed by atoms with Gasteiger partial charge in [0.2, 0.25) is 0 Å². The molecule has 5 nitrogen and oxygen atoms in total. The Balaban J connectivity index is 3.39. The third-order valence-electron chi connectivity index (χ3n) is 1.66. The Kier molecular flexibility index (Phi) is 7.83. The molecule has 0 saturated heterocycles. The molecule has 0 atom stereocenters. The average Bonchev–Trinajstić information content (AvgIpc) is 2.17. The Bertz CT molecular complexity index is 183. The molecule has 0 aromatic heterocycles. The van der Waals surface area contributed by atoms with Gasteiger partial charge in [-0.05, 0) is 26.2 Å². The van der Waals surface area contributed by atoms with Crippen LogP contribution in [0.25, 0.3) is 0 Å². The van der Waals surface area contributed by atoms with E-state index in [1.54, 1.807) is 6.92 Å². The topological polar surface area (TPSA) is 78.4 Å². The number of unbranched alkanes of at least 4 members (excludes halogenated alkanes) is 2. The molecule has 5 heteroatoms. The molecule has 0 aromatic rings. The Labute approximate surface area is 83.9 Å². The first kappa shape index (κ1) is 12.9. The van der Waals surface area contributed by atoms with Gasteiger partial charge >= 0.3 is 11.8 Å². The number of amides is 2. The van der Waals surface area contributed by atoms with Gasteiger partial charge in [0.25, 0.3) is 0 Å². The summed E-state index contributed by atoms with van der Waals surface area (Å²) in [6.45, 7) is 2.86. The lowest BCUT2D eigenvalue weighted by Crippen LogP contribution is -2.40. The van der Waals surface area contributed by atoms with E-state index in [2.05, 4.69) is 10.6 Å². The monoisotopic (exact) mass is 202 g/mol. The molecule has 3 N–H and O–H groups in total. The van der Waals surface area contributed by atoms with Crippen molar-refractivity contribution in [2.75, 3.05) is 19.7 Å². The van der Waals surface area contributed by atoms with E-state index < -0.39 is 11.8 Å². The van der Waals surface area contributed by atoms with Crippen molar-refractivity contribution in [1.29, 1.82) is 0 Å². The van der Waals surface area contributed by atoms with E-state index in [4.69, 9.17) is 5.11 Å². The number of aliphatic hydroxyl groups excluding tert-OH is 1. The number of likely N-dealkylation sites (N-methyl/N-ethyl adjacent to an activating group) is 1. The fraction of sp³-hybridized carbons (Fsp3) is 0.778. The molecule has 2 amide bonds. The first-order valence-corrected chi connectivity index (χ1v) is 4.89. The van der Waals surface area contributed by atoms with Crippen LogP contribution in [-0.4, -0.2) is 36.6 Å². The molecular formula is C9H18N2O3. The zero-order valence-electron chi connectivity index (χ0n) is 8.51. The number of hydrogen-bond donors (Lipinski definition) is 3. The third kappa shape index (κ3) is 6.42. The van der Waals surface area contributed by atoms with Crippen molar-refractivity contribution in [3.8, 4) is 0 Å². The lowest BCUT2D eigenvalue weighted by atomic mass is 10.2. The molecule has 0 aliphatic rings. The molecule has 0 aliphatic heterocycles. The third-order valence-corrected chi connectivity index (χ3v) is 1.66. The molecule has 14 heavy (non-hydrogen) atoms. The second-order valence-electron chi connectivity index (χ2n) is 2.90.